The fraction of sp³-hybridized carbons (Fsp3) is 0.389. The monoisotopic (exact) mass is 350 g/mol. The first-order valence-corrected chi connectivity index (χ1v) is 8.77. The lowest BCUT2D eigenvalue weighted by molar-refractivity contribution is 0.635. The number of hydrogen-bond acceptors (Lipinski definition) is 7. The zero-order valence-corrected chi connectivity index (χ0v) is 15.3. The minimum absolute atomic E-state index is 0.729. The quantitative estimate of drug-likeness (QED) is 0.711. The van der Waals surface area contributed by atoms with Gasteiger partial charge in [-0.2, -0.15) is 5.10 Å². The topological polar surface area (TPSA) is 75.9 Å². The van der Waals surface area contributed by atoms with Crippen LogP contribution in [0.25, 0.3) is 5.82 Å². The molecule has 3 aromatic rings. The van der Waals surface area contributed by atoms with Crippen molar-refractivity contribution in [3.8, 4) is 5.82 Å². The van der Waals surface area contributed by atoms with Crippen LogP contribution in [0.2, 0.25) is 0 Å². The Bertz CT molecular complexity index is 874. The van der Waals surface area contributed by atoms with Crippen molar-refractivity contribution < 1.29 is 0 Å². The molecule has 0 N–H and O–H groups in total. The molecule has 4 heterocycles. The maximum absolute atomic E-state index is 4.56. The molecule has 0 amide bonds. The molecule has 0 unspecified atom stereocenters. The molecule has 0 spiro atoms. The van der Waals surface area contributed by atoms with Gasteiger partial charge in [0.15, 0.2) is 11.6 Å². The molecule has 1 aliphatic heterocycles. The summed E-state index contributed by atoms with van der Waals surface area (Å²) in [4.78, 5) is 13.5. The zero-order valence-electron chi connectivity index (χ0n) is 15.3. The van der Waals surface area contributed by atoms with E-state index in [2.05, 4.69) is 35.1 Å². The summed E-state index contributed by atoms with van der Waals surface area (Å²) in [6.07, 6.45) is 1.89. The lowest BCUT2D eigenvalue weighted by atomic mass is 10.3. The van der Waals surface area contributed by atoms with Crippen LogP contribution in [0, 0.1) is 20.8 Å². The van der Waals surface area contributed by atoms with Gasteiger partial charge >= 0.3 is 0 Å². The summed E-state index contributed by atoms with van der Waals surface area (Å²) in [6, 6.07) is 7.96. The fourth-order valence-electron chi connectivity index (χ4n) is 3.18. The third-order valence-electron chi connectivity index (χ3n) is 4.47. The van der Waals surface area contributed by atoms with Gasteiger partial charge < -0.3 is 9.80 Å². The molecular formula is C18H22N8. The van der Waals surface area contributed by atoms with Gasteiger partial charge in [0.05, 0.1) is 5.69 Å². The molecule has 1 saturated heterocycles. The normalized spacial score (nSPS) is 14.7. The molecule has 8 nitrogen and oxygen atoms in total. The molecule has 0 aromatic carbocycles. The molecule has 0 saturated carbocycles. The minimum Gasteiger partial charge on any atom is -0.353 e. The van der Waals surface area contributed by atoms with Gasteiger partial charge in [0.1, 0.15) is 11.6 Å². The van der Waals surface area contributed by atoms with Crippen molar-refractivity contribution in [2.75, 3.05) is 36.0 Å². The Balaban J connectivity index is 1.43. The third-order valence-corrected chi connectivity index (χ3v) is 4.47. The summed E-state index contributed by atoms with van der Waals surface area (Å²) < 4.78 is 1.74. The molecule has 8 heteroatoms. The second-order valence-corrected chi connectivity index (χ2v) is 6.54. The number of piperazine rings is 1. The Labute approximate surface area is 152 Å². The van der Waals surface area contributed by atoms with E-state index >= 15 is 0 Å². The standard InChI is InChI=1S/C18H22N8/c1-13-6-7-26(23-13)17-5-4-16(21-22-17)24-8-10-25(11-9-24)18-12-14(2)19-15(3)20-18/h4-7,12H,8-11H2,1-3H3. The van der Waals surface area contributed by atoms with Crippen molar-refractivity contribution in [3.63, 3.8) is 0 Å². The average molecular weight is 350 g/mol. The summed E-state index contributed by atoms with van der Waals surface area (Å²) in [5, 5.41) is 13.1. The van der Waals surface area contributed by atoms with Gasteiger partial charge in [-0.3, -0.25) is 0 Å². The van der Waals surface area contributed by atoms with Crippen LogP contribution in [0.15, 0.2) is 30.5 Å². The first-order valence-electron chi connectivity index (χ1n) is 8.77. The summed E-state index contributed by atoms with van der Waals surface area (Å²) >= 11 is 0. The Morgan fingerprint density at radius 2 is 1.38 bits per heavy atom. The van der Waals surface area contributed by atoms with Crippen LogP contribution in [-0.2, 0) is 0 Å². The van der Waals surface area contributed by atoms with Gasteiger partial charge in [-0.1, -0.05) is 0 Å². The van der Waals surface area contributed by atoms with E-state index in [1.165, 1.54) is 0 Å². The number of aryl methyl sites for hydroxylation is 3. The zero-order chi connectivity index (χ0) is 18.1. The second-order valence-electron chi connectivity index (χ2n) is 6.54. The molecule has 0 radical (unpaired) electrons. The Kier molecular flexibility index (Phi) is 4.24. The molecule has 26 heavy (non-hydrogen) atoms. The van der Waals surface area contributed by atoms with Crippen LogP contribution in [-0.4, -0.2) is 56.1 Å². The highest BCUT2D eigenvalue weighted by atomic mass is 15.4. The van der Waals surface area contributed by atoms with E-state index < -0.39 is 0 Å². The maximum Gasteiger partial charge on any atom is 0.175 e. The van der Waals surface area contributed by atoms with Crippen LogP contribution >= 0.6 is 0 Å². The van der Waals surface area contributed by atoms with E-state index in [-0.39, 0.29) is 0 Å². The lowest BCUT2D eigenvalue weighted by Crippen LogP contribution is -2.47. The summed E-state index contributed by atoms with van der Waals surface area (Å²) in [5.41, 5.74) is 1.97. The van der Waals surface area contributed by atoms with E-state index in [0.29, 0.717) is 0 Å². The van der Waals surface area contributed by atoms with Gasteiger partial charge in [0.25, 0.3) is 0 Å². The Hall–Kier alpha value is -3.03. The van der Waals surface area contributed by atoms with Crippen molar-refractivity contribution in [3.05, 3.63) is 47.7 Å². The SMILES string of the molecule is Cc1cc(N2CCN(c3ccc(-n4ccc(C)n4)nn3)CC2)nc(C)n1. The molecule has 4 rings (SSSR count). The molecule has 0 aliphatic carbocycles. The van der Waals surface area contributed by atoms with Crippen molar-refractivity contribution in [1.82, 2.24) is 29.9 Å². The highest BCUT2D eigenvalue weighted by molar-refractivity contribution is 5.45. The van der Waals surface area contributed by atoms with Crippen molar-refractivity contribution >= 4 is 11.6 Å². The number of anilines is 2. The molecule has 0 bridgehead atoms. The molecule has 1 fully saturated rings. The smallest absolute Gasteiger partial charge is 0.175 e. The van der Waals surface area contributed by atoms with Gasteiger partial charge in [-0.05, 0) is 39.0 Å². The number of rotatable bonds is 3. The highest BCUT2D eigenvalue weighted by Gasteiger charge is 2.20. The van der Waals surface area contributed by atoms with Crippen LogP contribution in [0.5, 0.6) is 0 Å². The molecule has 134 valence electrons. The molecule has 0 atom stereocenters. The summed E-state index contributed by atoms with van der Waals surface area (Å²) in [6.45, 7) is 9.47. The Morgan fingerprint density at radius 3 is 1.96 bits per heavy atom. The molecule has 1 aliphatic rings. The van der Waals surface area contributed by atoms with Crippen LogP contribution in [0.3, 0.4) is 0 Å². The largest absolute Gasteiger partial charge is 0.353 e. The first kappa shape index (κ1) is 16.4. The fourth-order valence-corrected chi connectivity index (χ4v) is 3.18. The van der Waals surface area contributed by atoms with Gasteiger partial charge in [-0.15, -0.1) is 10.2 Å². The predicted molar refractivity (Wildman–Crippen MR) is 99.8 cm³/mol. The highest BCUT2D eigenvalue weighted by Crippen LogP contribution is 2.18. The van der Waals surface area contributed by atoms with E-state index in [1.807, 2.05) is 51.2 Å². The average Bonchev–Trinajstić information content (AvgIpc) is 3.08. The van der Waals surface area contributed by atoms with Crippen molar-refractivity contribution in [1.29, 1.82) is 0 Å². The summed E-state index contributed by atoms with van der Waals surface area (Å²) in [5.74, 6) is 3.45. The van der Waals surface area contributed by atoms with Gasteiger partial charge in [-0.25, -0.2) is 14.6 Å². The second kappa shape index (κ2) is 6.70. The third kappa shape index (κ3) is 3.35. The maximum atomic E-state index is 4.56. The number of nitrogens with zero attached hydrogens (tertiary/aromatic N) is 8. The van der Waals surface area contributed by atoms with E-state index in [9.17, 15) is 0 Å². The van der Waals surface area contributed by atoms with Crippen molar-refractivity contribution in [2.24, 2.45) is 0 Å². The molecule has 3 aromatic heterocycles. The van der Waals surface area contributed by atoms with E-state index in [1.54, 1.807) is 4.68 Å². The predicted octanol–water partition coefficient (Wildman–Crippen LogP) is 1.70. The van der Waals surface area contributed by atoms with Crippen LogP contribution < -0.4 is 9.80 Å². The van der Waals surface area contributed by atoms with E-state index in [0.717, 1.165) is 60.8 Å². The van der Waals surface area contributed by atoms with Crippen LogP contribution in [0.4, 0.5) is 11.6 Å². The number of hydrogen-bond donors (Lipinski definition) is 0. The lowest BCUT2D eigenvalue weighted by Gasteiger charge is -2.35. The minimum atomic E-state index is 0.729. The molecular weight excluding hydrogens is 328 g/mol. The van der Waals surface area contributed by atoms with E-state index in [4.69, 9.17) is 0 Å². The first-order chi connectivity index (χ1) is 12.6. The van der Waals surface area contributed by atoms with Crippen molar-refractivity contribution in [2.45, 2.75) is 20.8 Å². The van der Waals surface area contributed by atoms with Gasteiger partial charge in [0.2, 0.25) is 0 Å². The Morgan fingerprint density at radius 1 is 0.731 bits per heavy atom. The summed E-state index contributed by atoms with van der Waals surface area (Å²) in [7, 11) is 0. The number of aromatic nitrogens is 6. The van der Waals surface area contributed by atoms with Gasteiger partial charge in [0, 0.05) is 44.1 Å². The van der Waals surface area contributed by atoms with Crippen LogP contribution in [0.1, 0.15) is 17.2 Å².